The molecule has 122 valence electrons. The van der Waals surface area contributed by atoms with Crippen LogP contribution in [0.5, 0.6) is 0 Å². The van der Waals surface area contributed by atoms with Crippen molar-refractivity contribution in [2.75, 3.05) is 33.4 Å². The predicted octanol–water partition coefficient (Wildman–Crippen LogP) is 1.32. The molecule has 0 bridgehead atoms. The standard InChI is InChI=1S/C16H26N4O2/c1-13-14(18-12-17-13)11-20-8-4-6-16(20)5-3-7-19(15(16)21)9-10-22-2/h12H,3-11H2,1-2H3,(H,17,18). The van der Waals surface area contributed by atoms with Crippen LogP contribution in [0.1, 0.15) is 37.1 Å². The van der Waals surface area contributed by atoms with Crippen molar-refractivity contribution in [3.63, 3.8) is 0 Å². The van der Waals surface area contributed by atoms with Gasteiger partial charge in [-0.25, -0.2) is 4.98 Å². The fraction of sp³-hybridized carbons (Fsp3) is 0.750. The number of imidazole rings is 1. The van der Waals surface area contributed by atoms with E-state index in [-0.39, 0.29) is 5.54 Å². The molecule has 1 spiro atoms. The lowest BCUT2D eigenvalue weighted by Gasteiger charge is -2.44. The zero-order valence-electron chi connectivity index (χ0n) is 13.6. The Labute approximate surface area is 131 Å². The van der Waals surface area contributed by atoms with Gasteiger partial charge in [-0.2, -0.15) is 0 Å². The Hall–Kier alpha value is -1.40. The molecule has 6 nitrogen and oxygen atoms in total. The molecule has 0 saturated carbocycles. The molecule has 1 N–H and O–H groups in total. The van der Waals surface area contributed by atoms with Crippen molar-refractivity contribution in [2.24, 2.45) is 0 Å². The van der Waals surface area contributed by atoms with Gasteiger partial charge in [-0.1, -0.05) is 0 Å². The maximum Gasteiger partial charge on any atom is 0.243 e. The normalized spacial score (nSPS) is 26.3. The Morgan fingerprint density at radius 3 is 2.82 bits per heavy atom. The molecule has 6 heteroatoms. The molecule has 22 heavy (non-hydrogen) atoms. The summed E-state index contributed by atoms with van der Waals surface area (Å²) in [5, 5.41) is 0. The molecular weight excluding hydrogens is 280 g/mol. The van der Waals surface area contributed by atoms with E-state index < -0.39 is 0 Å². The highest BCUT2D eigenvalue weighted by Crippen LogP contribution is 2.39. The third-order valence-electron chi connectivity index (χ3n) is 5.17. The summed E-state index contributed by atoms with van der Waals surface area (Å²) in [6, 6.07) is 0. The number of likely N-dealkylation sites (tertiary alicyclic amines) is 2. The number of rotatable bonds is 5. The first-order valence-corrected chi connectivity index (χ1v) is 8.19. The van der Waals surface area contributed by atoms with Gasteiger partial charge < -0.3 is 14.6 Å². The third-order valence-corrected chi connectivity index (χ3v) is 5.17. The molecule has 0 aliphatic carbocycles. The minimum absolute atomic E-state index is 0.293. The number of carbonyl (C=O) groups excluding carboxylic acids is 1. The predicted molar refractivity (Wildman–Crippen MR) is 83.4 cm³/mol. The number of piperidine rings is 1. The summed E-state index contributed by atoms with van der Waals surface area (Å²) < 4.78 is 5.15. The van der Waals surface area contributed by atoms with E-state index in [1.54, 1.807) is 13.4 Å². The van der Waals surface area contributed by atoms with E-state index in [1.807, 2.05) is 11.8 Å². The van der Waals surface area contributed by atoms with Gasteiger partial charge in [0, 0.05) is 32.4 Å². The second kappa shape index (κ2) is 6.38. The fourth-order valence-corrected chi connectivity index (χ4v) is 3.90. The molecule has 2 saturated heterocycles. The minimum Gasteiger partial charge on any atom is -0.383 e. The number of aromatic nitrogens is 2. The van der Waals surface area contributed by atoms with Gasteiger partial charge in [0.25, 0.3) is 0 Å². The van der Waals surface area contributed by atoms with Crippen LogP contribution >= 0.6 is 0 Å². The van der Waals surface area contributed by atoms with Gasteiger partial charge in [0.1, 0.15) is 5.54 Å². The third kappa shape index (κ3) is 2.65. The summed E-state index contributed by atoms with van der Waals surface area (Å²) in [5.74, 6) is 0.293. The van der Waals surface area contributed by atoms with Crippen LogP contribution in [0, 0.1) is 6.92 Å². The lowest BCUT2D eigenvalue weighted by atomic mass is 9.85. The largest absolute Gasteiger partial charge is 0.383 e. The van der Waals surface area contributed by atoms with Gasteiger partial charge in [-0.15, -0.1) is 0 Å². The molecule has 1 aromatic heterocycles. The Balaban J connectivity index is 1.77. The lowest BCUT2D eigenvalue weighted by Crippen LogP contribution is -2.60. The lowest BCUT2D eigenvalue weighted by molar-refractivity contribution is -0.148. The van der Waals surface area contributed by atoms with Crippen LogP contribution in [0.15, 0.2) is 6.33 Å². The fourth-order valence-electron chi connectivity index (χ4n) is 3.90. The summed E-state index contributed by atoms with van der Waals surface area (Å²) in [6.45, 7) is 5.96. The Kier molecular flexibility index (Phi) is 4.49. The first-order chi connectivity index (χ1) is 10.7. The molecule has 3 heterocycles. The molecule has 0 radical (unpaired) electrons. The van der Waals surface area contributed by atoms with Crippen LogP contribution in [-0.4, -0.2) is 64.6 Å². The molecular formula is C16H26N4O2. The van der Waals surface area contributed by atoms with E-state index in [9.17, 15) is 4.79 Å². The van der Waals surface area contributed by atoms with Crippen molar-refractivity contribution in [2.45, 2.75) is 44.7 Å². The highest BCUT2D eigenvalue weighted by Gasteiger charge is 2.50. The molecule has 2 aliphatic heterocycles. The first kappa shape index (κ1) is 15.5. The number of carbonyl (C=O) groups is 1. The van der Waals surface area contributed by atoms with E-state index >= 15 is 0 Å². The molecule has 3 rings (SSSR count). The van der Waals surface area contributed by atoms with Gasteiger partial charge in [-0.3, -0.25) is 9.69 Å². The topological polar surface area (TPSA) is 61.5 Å². The van der Waals surface area contributed by atoms with E-state index in [1.165, 1.54) is 0 Å². The molecule has 2 fully saturated rings. The monoisotopic (exact) mass is 306 g/mol. The van der Waals surface area contributed by atoms with Crippen LogP contribution in [-0.2, 0) is 16.1 Å². The second-order valence-corrected chi connectivity index (χ2v) is 6.42. The zero-order valence-corrected chi connectivity index (χ0v) is 13.6. The van der Waals surface area contributed by atoms with Crippen LogP contribution < -0.4 is 0 Å². The van der Waals surface area contributed by atoms with Crippen molar-refractivity contribution >= 4 is 5.91 Å². The second-order valence-electron chi connectivity index (χ2n) is 6.42. The van der Waals surface area contributed by atoms with Gasteiger partial charge in [0.2, 0.25) is 5.91 Å². The van der Waals surface area contributed by atoms with Crippen molar-refractivity contribution in [1.82, 2.24) is 19.8 Å². The highest BCUT2D eigenvalue weighted by molar-refractivity contribution is 5.87. The van der Waals surface area contributed by atoms with E-state index in [4.69, 9.17) is 4.74 Å². The molecule has 2 aliphatic rings. The van der Waals surface area contributed by atoms with Crippen LogP contribution in [0.3, 0.4) is 0 Å². The molecule has 1 aromatic rings. The Morgan fingerprint density at radius 1 is 1.36 bits per heavy atom. The van der Waals surface area contributed by atoms with E-state index in [2.05, 4.69) is 14.9 Å². The first-order valence-electron chi connectivity index (χ1n) is 8.19. The summed E-state index contributed by atoms with van der Waals surface area (Å²) in [7, 11) is 1.69. The molecule has 1 amide bonds. The summed E-state index contributed by atoms with van der Waals surface area (Å²) in [4.78, 5) is 25.0. The van der Waals surface area contributed by atoms with Crippen molar-refractivity contribution in [1.29, 1.82) is 0 Å². The van der Waals surface area contributed by atoms with Crippen molar-refractivity contribution in [3.8, 4) is 0 Å². The maximum absolute atomic E-state index is 13.1. The highest BCUT2D eigenvalue weighted by atomic mass is 16.5. The number of aryl methyl sites for hydroxylation is 1. The smallest absolute Gasteiger partial charge is 0.243 e. The maximum atomic E-state index is 13.1. The van der Waals surface area contributed by atoms with Gasteiger partial charge in [-0.05, 0) is 39.2 Å². The number of hydrogen-bond acceptors (Lipinski definition) is 4. The van der Waals surface area contributed by atoms with Gasteiger partial charge >= 0.3 is 0 Å². The number of ether oxygens (including phenoxy) is 1. The summed E-state index contributed by atoms with van der Waals surface area (Å²) in [6.07, 6.45) is 5.84. The SMILES string of the molecule is COCCN1CCCC2(CCCN2Cc2nc[nH]c2C)C1=O. The van der Waals surface area contributed by atoms with Crippen LogP contribution in [0.2, 0.25) is 0 Å². The number of amides is 1. The number of methoxy groups -OCH3 is 1. The van der Waals surface area contributed by atoms with Crippen LogP contribution in [0.4, 0.5) is 0 Å². The molecule has 1 atom stereocenters. The number of hydrogen-bond donors (Lipinski definition) is 1. The molecule has 1 unspecified atom stereocenters. The Bertz CT molecular complexity index is 530. The summed E-state index contributed by atoms with van der Waals surface area (Å²) >= 11 is 0. The van der Waals surface area contributed by atoms with E-state index in [0.717, 1.165) is 56.7 Å². The number of aromatic amines is 1. The number of nitrogens with zero attached hydrogens (tertiary/aromatic N) is 3. The average molecular weight is 306 g/mol. The van der Waals surface area contributed by atoms with Crippen LogP contribution in [0.25, 0.3) is 0 Å². The average Bonchev–Trinajstić information content (AvgIpc) is 3.10. The summed E-state index contributed by atoms with van der Waals surface area (Å²) in [5.41, 5.74) is 1.85. The van der Waals surface area contributed by atoms with E-state index in [0.29, 0.717) is 19.1 Å². The number of H-pyrrole nitrogens is 1. The Morgan fingerprint density at radius 2 is 2.14 bits per heavy atom. The minimum atomic E-state index is -0.308. The van der Waals surface area contributed by atoms with Crippen molar-refractivity contribution < 1.29 is 9.53 Å². The van der Waals surface area contributed by atoms with Crippen molar-refractivity contribution in [3.05, 3.63) is 17.7 Å². The number of nitrogens with one attached hydrogen (secondary N) is 1. The quantitative estimate of drug-likeness (QED) is 0.891. The van der Waals surface area contributed by atoms with Gasteiger partial charge in [0.05, 0.1) is 18.6 Å². The molecule has 0 aromatic carbocycles. The zero-order chi connectivity index (χ0) is 15.6. The van der Waals surface area contributed by atoms with Gasteiger partial charge in [0.15, 0.2) is 0 Å².